The smallest absolute Gasteiger partial charge is 0.161 e. The van der Waals surface area contributed by atoms with Crippen molar-refractivity contribution in [2.24, 2.45) is 11.8 Å². The lowest BCUT2D eigenvalue weighted by Gasteiger charge is -2.57. The summed E-state index contributed by atoms with van der Waals surface area (Å²) >= 11 is 0. The quantitative estimate of drug-likeness (QED) is 0.844. The number of phenols is 1. The highest BCUT2D eigenvalue weighted by Gasteiger charge is 2.54. The Balaban J connectivity index is 1.83. The van der Waals surface area contributed by atoms with Crippen molar-refractivity contribution < 1.29 is 14.6 Å². The summed E-state index contributed by atoms with van der Waals surface area (Å²) in [6, 6.07) is 4.47. The number of piperidine rings is 1. The third kappa shape index (κ3) is 2.74. The standard InChI is InChI=1S/C22H31NO3/c1-4-17-18-11-16-7-8-19(26-3)21(25)20(16)22(17,12-14(2)24)9-10-23(18)13-15-5-6-15/h7-8,15,17-18,25H,4-6,9-13H2,1-3H3/t17-,18+,22?/m1/s1. The first kappa shape index (κ1) is 17.8. The van der Waals surface area contributed by atoms with Gasteiger partial charge in [-0.2, -0.15) is 0 Å². The van der Waals surface area contributed by atoms with Gasteiger partial charge >= 0.3 is 0 Å². The molecule has 3 atom stereocenters. The maximum absolute atomic E-state index is 12.3. The van der Waals surface area contributed by atoms with Crippen LogP contribution in [0.2, 0.25) is 0 Å². The van der Waals surface area contributed by atoms with Crippen molar-refractivity contribution >= 4 is 5.78 Å². The van der Waals surface area contributed by atoms with Gasteiger partial charge in [0.25, 0.3) is 0 Å². The van der Waals surface area contributed by atoms with Crippen LogP contribution in [0.15, 0.2) is 12.1 Å². The van der Waals surface area contributed by atoms with E-state index < -0.39 is 0 Å². The molecule has 0 aromatic heterocycles. The fraction of sp³-hybridized carbons (Fsp3) is 0.682. The molecule has 26 heavy (non-hydrogen) atoms. The number of likely N-dealkylation sites (tertiary alicyclic amines) is 1. The number of hydrogen-bond acceptors (Lipinski definition) is 4. The fourth-order valence-electron chi connectivity index (χ4n) is 5.90. The normalized spacial score (nSPS) is 30.7. The first-order chi connectivity index (χ1) is 12.5. The number of hydrogen-bond donors (Lipinski definition) is 1. The van der Waals surface area contributed by atoms with E-state index in [1.807, 2.05) is 6.07 Å². The highest BCUT2D eigenvalue weighted by Crippen LogP contribution is 2.56. The van der Waals surface area contributed by atoms with Gasteiger partial charge in [0.05, 0.1) is 7.11 Å². The van der Waals surface area contributed by atoms with Crippen molar-refractivity contribution in [1.29, 1.82) is 0 Å². The molecule has 1 unspecified atom stereocenters. The minimum absolute atomic E-state index is 0.216. The van der Waals surface area contributed by atoms with Crippen LogP contribution in [-0.2, 0) is 16.6 Å². The summed E-state index contributed by atoms with van der Waals surface area (Å²) < 4.78 is 5.40. The Morgan fingerprint density at radius 1 is 1.38 bits per heavy atom. The zero-order valence-electron chi connectivity index (χ0n) is 16.3. The minimum Gasteiger partial charge on any atom is -0.504 e. The van der Waals surface area contributed by atoms with Crippen molar-refractivity contribution in [3.05, 3.63) is 23.3 Å². The van der Waals surface area contributed by atoms with Gasteiger partial charge in [-0.1, -0.05) is 19.4 Å². The molecule has 1 saturated heterocycles. The molecule has 0 amide bonds. The van der Waals surface area contributed by atoms with E-state index >= 15 is 0 Å². The highest BCUT2D eigenvalue weighted by molar-refractivity contribution is 5.78. The maximum Gasteiger partial charge on any atom is 0.161 e. The maximum atomic E-state index is 12.3. The molecule has 0 radical (unpaired) electrons. The summed E-state index contributed by atoms with van der Waals surface area (Å²) in [5.74, 6) is 2.29. The second-order valence-corrected chi connectivity index (χ2v) is 8.66. The third-order valence-electron chi connectivity index (χ3n) is 7.06. The molecular weight excluding hydrogens is 326 g/mol. The Kier molecular flexibility index (Phi) is 4.50. The Morgan fingerprint density at radius 3 is 2.77 bits per heavy atom. The Morgan fingerprint density at radius 2 is 2.15 bits per heavy atom. The number of nitrogens with zero attached hydrogens (tertiary/aromatic N) is 1. The van der Waals surface area contributed by atoms with E-state index in [9.17, 15) is 9.90 Å². The van der Waals surface area contributed by atoms with E-state index in [1.54, 1.807) is 14.0 Å². The SMILES string of the molecule is CC[C@@H]1[C@@H]2Cc3ccc(OC)c(O)c3C1(CC(C)=O)CCN2CC1CC1. The van der Waals surface area contributed by atoms with Crippen molar-refractivity contribution in [3.8, 4) is 11.5 Å². The molecule has 4 nitrogen and oxygen atoms in total. The van der Waals surface area contributed by atoms with Crippen molar-refractivity contribution in [2.45, 2.75) is 63.8 Å². The molecule has 1 aromatic carbocycles. The first-order valence-electron chi connectivity index (χ1n) is 10.1. The van der Waals surface area contributed by atoms with Crippen molar-refractivity contribution in [3.63, 3.8) is 0 Å². The average Bonchev–Trinajstić information content (AvgIpc) is 3.41. The summed E-state index contributed by atoms with van der Waals surface area (Å²) in [5, 5.41) is 11.0. The number of benzene rings is 1. The van der Waals surface area contributed by atoms with Gasteiger partial charge in [0.15, 0.2) is 11.5 Å². The molecule has 4 heteroatoms. The Bertz CT molecular complexity index is 712. The van der Waals surface area contributed by atoms with E-state index in [4.69, 9.17) is 4.74 Å². The lowest BCUT2D eigenvalue weighted by Crippen LogP contribution is -2.60. The zero-order valence-corrected chi connectivity index (χ0v) is 16.3. The molecule has 4 rings (SSSR count). The van der Waals surface area contributed by atoms with Gasteiger partial charge in [-0.15, -0.1) is 0 Å². The van der Waals surface area contributed by atoms with Gasteiger partial charge in [-0.25, -0.2) is 0 Å². The molecule has 1 N–H and O–H groups in total. The number of Topliss-reactive ketones (excluding diaryl/α,β-unsaturated/α-hetero) is 1. The van der Waals surface area contributed by atoms with Crippen LogP contribution in [0.25, 0.3) is 0 Å². The topological polar surface area (TPSA) is 49.8 Å². The van der Waals surface area contributed by atoms with E-state index in [0.717, 1.165) is 37.3 Å². The van der Waals surface area contributed by atoms with Crippen LogP contribution in [-0.4, -0.2) is 42.0 Å². The number of fused-ring (bicyclic) bond motifs is 4. The number of phenolic OH excluding ortho intramolecular Hbond substituents is 1. The van der Waals surface area contributed by atoms with Crippen LogP contribution in [0.3, 0.4) is 0 Å². The number of carbonyl (C=O) groups excluding carboxylic acids is 1. The molecule has 142 valence electrons. The summed E-state index contributed by atoms with van der Waals surface area (Å²) in [5.41, 5.74) is 1.96. The summed E-state index contributed by atoms with van der Waals surface area (Å²) in [4.78, 5) is 15.0. The molecule has 1 aromatic rings. The van der Waals surface area contributed by atoms with Gasteiger partial charge in [0, 0.05) is 30.0 Å². The average molecular weight is 357 g/mol. The molecule has 0 spiro atoms. The number of ketones is 1. The summed E-state index contributed by atoms with van der Waals surface area (Å²) in [6.07, 6.45) is 6.21. The van der Waals surface area contributed by atoms with Crippen molar-refractivity contribution in [1.82, 2.24) is 4.90 Å². The lowest BCUT2D eigenvalue weighted by atomic mass is 9.54. The van der Waals surface area contributed by atoms with E-state index in [0.29, 0.717) is 24.1 Å². The van der Waals surface area contributed by atoms with Crippen LogP contribution in [0, 0.1) is 11.8 Å². The van der Waals surface area contributed by atoms with Gasteiger partial charge in [-0.05, 0) is 62.6 Å². The largest absolute Gasteiger partial charge is 0.504 e. The molecule has 1 aliphatic heterocycles. The van der Waals surface area contributed by atoms with E-state index in [-0.39, 0.29) is 16.9 Å². The molecule has 2 fully saturated rings. The highest BCUT2D eigenvalue weighted by atomic mass is 16.5. The molecule has 1 heterocycles. The molecule has 2 bridgehead atoms. The Labute approximate surface area is 156 Å². The number of rotatable bonds is 6. The van der Waals surface area contributed by atoms with Crippen LogP contribution < -0.4 is 4.74 Å². The van der Waals surface area contributed by atoms with Crippen LogP contribution in [0.5, 0.6) is 11.5 Å². The number of methoxy groups -OCH3 is 1. The van der Waals surface area contributed by atoms with Crippen molar-refractivity contribution in [2.75, 3.05) is 20.2 Å². The van der Waals surface area contributed by atoms with Gasteiger partial charge < -0.3 is 9.84 Å². The van der Waals surface area contributed by atoms with E-state index in [2.05, 4.69) is 17.9 Å². The second kappa shape index (κ2) is 6.56. The number of ether oxygens (including phenoxy) is 1. The predicted octanol–water partition coefficient (Wildman–Crippen LogP) is 3.68. The zero-order chi connectivity index (χ0) is 18.5. The third-order valence-corrected chi connectivity index (χ3v) is 7.06. The first-order valence-corrected chi connectivity index (χ1v) is 10.1. The van der Waals surface area contributed by atoms with Crippen LogP contribution in [0.1, 0.15) is 57.1 Å². The van der Waals surface area contributed by atoms with E-state index in [1.165, 1.54) is 24.9 Å². The predicted molar refractivity (Wildman–Crippen MR) is 102 cm³/mol. The molecule has 2 aliphatic carbocycles. The molecule has 1 saturated carbocycles. The second-order valence-electron chi connectivity index (χ2n) is 8.66. The minimum atomic E-state index is -0.252. The fourth-order valence-corrected chi connectivity index (χ4v) is 5.90. The molecular formula is C22H31NO3. The van der Waals surface area contributed by atoms with Crippen LogP contribution >= 0.6 is 0 Å². The van der Waals surface area contributed by atoms with Gasteiger partial charge in [0.1, 0.15) is 5.78 Å². The lowest BCUT2D eigenvalue weighted by molar-refractivity contribution is -0.120. The Hall–Kier alpha value is -1.55. The van der Waals surface area contributed by atoms with Crippen LogP contribution in [0.4, 0.5) is 0 Å². The molecule has 3 aliphatic rings. The van der Waals surface area contributed by atoms with Gasteiger partial charge in [0.2, 0.25) is 0 Å². The summed E-state index contributed by atoms with van der Waals surface area (Å²) in [6.45, 7) is 6.17. The van der Waals surface area contributed by atoms with Gasteiger partial charge in [-0.3, -0.25) is 9.69 Å². The monoisotopic (exact) mass is 357 g/mol. The number of aromatic hydroxyl groups is 1. The summed E-state index contributed by atoms with van der Waals surface area (Å²) in [7, 11) is 1.60. The number of carbonyl (C=O) groups is 1.